The lowest BCUT2D eigenvalue weighted by atomic mass is 9.99. The van der Waals surface area contributed by atoms with Gasteiger partial charge in [-0.25, -0.2) is 9.97 Å². The second-order valence-electron chi connectivity index (χ2n) is 7.97. The largest absolute Gasteiger partial charge is 0.368 e. The maximum absolute atomic E-state index is 13.3. The van der Waals surface area contributed by atoms with Gasteiger partial charge in [0.05, 0.1) is 0 Å². The van der Waals surface area contributed by atoms with Crippen molar-refractivity contribution in [3.8, 4) is 10.4 Å². The number of nitrogens with two attached hydrogens (primary N) is 1. The van der Waals surface area contributed by atoms with Crippen LogP contribution < -0.4 is 5.73 Å². The van der Waals surface area contributed by atoms with E-state index in [1.807, 2.05) is 23.1 Å². The molecule has 1 fully saturated rings. The number of rotatable bonds is 6. The van der Waals surface area contributed by atoms with E-state index >= 15 is 0 Å². The van der Waals surface area contributed by atoms with Crippen LogP contribution in [-0.2, 0) is 11.2 Å². The summed E-state index contributed by atoms with van der Waals surface area (Å²) in [6, 6.07) is 13.4. The van der Waals surface area contributed by atoms with Crippen molar-refractivity contribution < 1.29 is 9.59 Å². The molecule has 2 amide bonds. The number of nitrogens with zero attached hydrogens (tertiary/aromatic N) is 4. The Hall–Kier alpha value is -3.26. The molecule has 1 aromatic carbocycles. The zero-order valence-electron chi connectivity index (χ0n) is 18.3. The topological polar surface area (TPSA) is 92.4 Å². The van der Waals surface area contributed by atoms with Crippen LogP contribution in [0.4, 0.5) is 5.95 Å². The highest BCUT2D eigenvalue weighted by atomic mass is 32.1. The fourth-order valence-corrected chi connectivity index (χ4v) is 4.82. The van der Waals surface area contributed by atoms with Gasteiger partial charge in [0.25, 0.3) is 5.91 Å². The molecule has 3 aromatic rings. The van der Waals surface area contributed by atoms with Crippen LogP contribution in [0.1, 0.15) is 35.1 Å². The Morgan fingerprint density at radius 3 is 2.62 bits per heavy atom. The molecule has 2 N–H and O–H groups in total. The van der Waals surface area contributed by atoms with Crippen LogP contribution in [0.3, 0.4) is 0 Å². The molecule has 8 heteroatoms. The molecule has 0 spiro atoms. The molecule has 1 atom stereocenters. The number of hydrogen-bond acceptors (Lipinski definition) is 6. The smallest absolute Gasteiger partial charge is 0.273 e. The van der Waals surface area contributed by atoms with Gasteiger partial charge < -0.3 is 15.5 Å². The molecule has 1 aliphatic rings. The van der Waals surface area contributed by atoms with Gasteiger partial charge in [-0.05, 0) is 42.0 Å². The standard InChI is InChI=1S/C24H27N5O2S/c1-3-10-28-11-12-29(22(30)19-14-16(2)26-24(25)27-19)20(23(28)31)15-17-6-8-18(9-7-17)21-5-4-13-32-21/h4-9,13-14,20H,3,10-12,15H2,1-2H3,(H2,25,26,27)/t20-/m1/s1. The number of aryl methyl sites for hydroxylation is 1. The summed E-state index contributed by atoms with van der Waals surface area (Å²) in [5.74, 6) is -0.246. The molecule has 32 heavy (non-hydrogen) atoms. The van der Waals surface area contributed by atoms with E-state index in [1.54, 1.807) is 29.2 Å². The zero-order valence-corrected chi connectivity index (χ0v) is 19.1. The number of carbonyl (C=O) groups is 2. The maximum Gasteiger partial charge on any atom is 0.273 e. The van der Waals surface area contributed by atoms with Crippen molar-refractivity contribution in [1.29, 1.82) is 0 Å². The van der Waals surface area contributed by atoms with Crippen molar-refractivity contribution in [2.45, 2.75) is 32.7 Å². The predicted molar refractivity (Wildman–Crippen MR) is 126 cm³/mol. The first-order valence-electron chi connectivity index (χ1n) is 10.8. The third-order valence-electron chi connectivity index (χ3n) is 5.62. The number of benzene rings is 1. The van der Waals surface area contributed by atoms with Crippen LogP contribution in [0.5, 0.6) is 0 Å². The van der Waals surface area contributed by atoms with Crippen LogP contribution in [0.25, 0.3) is 10.4 Å². The molecule has 0 saturated carbocycles. The van der Waals surface area contributed by atoms with Gasteiger partial charge in [0.1, 0.15) is 11.7 Å². The summed E-state index contributed by atoms with van der Waals surface area (Å²) < 4.78 is 0. The van der Waals surface area contributed by atoms with Gasteiger partial charge in [-0.3, -0.25) is 9.59 Å². The number of hydrogen-bond donors (Lipinski definition) is 1. The van der Waals surface area contributed by atoms with E-state index in [1.165, 1.54) is 4.88 Å². The number of nitrogen functional groups attached to an aromatic ring is 1. The molecule has 2 aromatic heterocycles. The summed E-state index contributed by atoms with van der Waals surface area (Å²) in [5, 5.41) is 2.05. The van der Waals surface area contributed by atoms with Crippen molar-refractivity contribution in [2.75, 3.05) is 25.4 Å². The summed E-state index contributed by atoms with van der Waals surface area (Å²) in [7, 11) is 0. The van der Waals surface area contributed by atoms with Crippen molar-refractivity contribution >= 4 is 29.1 Å². The Balaban J connectivity index is 1.60. The summed E-state index contributed by atoms with van der Waals surface area (Å²) in [6.07, 6.45) is 1.33. The number of carbonyl (C=O) groups excluding carboxylic acids is 2. The molecule has 1 saturated heterocycles. The Morgan fingerprint density at radius 1 is 1.19 bits per heavy atom. The molecule has 7 nitrogen and oxygen atoms in total. The molecular formula is C24H27N5O2S. The van der Waals surface area contributed by atoms with E-state index in [9.17, 15) is 9.59 Å². The lowest BCUT2D eigenvalue weighted by Crippen LogP contribution is -2.59. The first kappa shape index (κ1) is 22.0. The highest BCUT2D eigenvalue weighted by Crippen LogP contribution is 2.26. The van der Waals surface area contributed by atoms with E-state index in [0.29, 0.717) is 31.7 Å². The number of thiophene rings is 1. The Labute approximate surface area is 191 Å². The van der Waals surface area contributed by atoms with Crippen LogP contribution in [0.2, 0.25) is 0 Å². The highest BCUT2D eigenvalue weighted by molar-refractivity contribution is 7.13. The molecule has 1 aliphatic heterocycles. The number of amides is 2. The van der Waals surface area contributed by atoms with E-state index in [0.717, 1.165) is 17.5 Å². The van der Waals surface area contributed by atoms with Gasteiger partial charge in [0, 0.05) is 36.6 Å². The minimum atomic E-state index is -0.577. The first-order chi connectivity index (χ1) is 15.5. The lowest BCUT2D eigenvalue weighted by molar-refractivity contribution is -0.140. The van der Waals surface area contributed by atoms with Crippen LogP contribution in [0.15, 0.2) is 47.8 Å². The maximum atomic E-state index is 13.3. The normalized spacial score (nSPS) is 16.4. The van der Waals surface area contributed by atoms with Gasteiger partial charge in [-0.2, -0.15) is 0 Å². The Bertz CT molecular complexity index is 1080. The van der Waals surface area contributed by atoms with E-state index in [-0.39, 0.29) is 23.5 Å². The highest BCUT2D eigenvalue weighted by Gasteiger charge is 2.38. The Morgan fingerprint density at radius 2 is 1.97 bits per heavy atom. The van der Waals surface area contributed by atoms with E-state index in [4.69, 9.17) is 5.73 Å². The van der Waals surface area contributed by atoms with Gasteiger partial charge in [-0.15, -0.1) is 11.3 Å². The second kappa shape index (κ2) is 9.48. The molecule has 0 radical (unpaired) electrons. The number of aromatic nitrogens is 2. The molecule has 0 aliphatic carbocycles. The summed E-state index contributed by atoms with van der Waals surface area (Å²) in [6.45, 7) is 5.49. The monoisotopic (exact) mass is 449 g/mol. The minimum Gasteiger partial charge on any atom is -0.368 e. The summed E-state index contributed by atoms with van der Waals surface area (Å²) >= 11 is 1.69. The van der Waals surface area contributed by atoms with Gasteiger partial charge in [-0.1, -0.05) is 37.3 Å². The van der Waals surface area contributed by atoms with Gasteiger partial charge in [0.2, 0.25) is 11.9 Å². The molecule has 3 heterocycles. The van der Waals surface area contributed by atoms with E-state index in [2.05, 4.69) is 40.5 Å². The third kappa shape index (κ3) is 4.65. The lowest BCUT2D eigenvalue weighted by Gasteiger charge is -2.40. The molecule has 166 valence electrons. The van der Waals surface area contributed by atoms with Crippen LogP contribution in [-0.4, -0.2) is 57.3 Å². The van der Waals surface area contributed by atoms with Crippen LogP contribution >= 0.6 is 11.3 Å². The average Bonchev–Trinajstić information content (AvgIpc) is 3.31. The third-order valence-corrected chi connectivity index (χ3v) is 6.54. The van der Waals surface area contributed by atoms with Gasteiger partial charge in [0.15, 0.2) is 0 Å². The predicted octanol–water partition coefficient (Wildman–Crippen LogP) is 3.40. The van der Waals surface area contributed by atoms with Crippen molar-refractivity contribution in [3.05, 3.63) is 64.8 Å². The SMILES string of the molecule is CCCN1CCN(C(=O)c2cc(C)nc(N)n2)[C@H](Cc2ccc(-c3cccs3)cc2)C1=O. The second-order valence-corrected chi connectivity index (χ2v) is 8.92. The van der Waals surface area contributed by atoms with E-state index < -0.39 is 6.04 Å². The fraction of sp³-hybridized carbons (Fsp3) is 0.333. The van der Waals surface area contributed by atoms with Crippen molar-refractivity contribution in [1.82, 2.24) is 19.8 Å². The molecular weight excluding hydrogens is 422 g/mol. The summed E-state index contributed by atoms with van der Waals surface area (Å²) in [4.78, 5) is 39.5. The molecule has 0 unspecified atom stereocenters. The number of piperazine rings is 1. The molecule has 4 rings (SSSR count). The van der Waals surface area contributed by atoms with Crippen molar-refractivity contribution in [2.24, 2.45) is 0 Å². The quantitative estimate of drug-likeness (QED) is 0.623. The minimum absolute atomic E-state index is 0.0208. The summed E-state index contributed by atoms with van der Waals surface area (Å²) in [5.41, 5.74) is 8.77. The zero-order chi connectivity index (χ0) is 22.7. The van der Waals surface area contributed by atoms with Crippen molar-refractivity contribution in [3.63, 3.8) is 0 Å². The fourth-order valence-electron chi connectivity index (χ4n) is 4.09. The average molecular weight is 450 g/mol. The Kier molecular flexibility index (Phi) is 6.50. The number of anilines is 1. The van der Waals surface area contributed by atoms with Crippen LogP contribution in [0, 0.1) is 6.92 Å². The molecule has 0 bridgehead atoms. The first-order valence-corrected chi connectivity index (χ1v) is 11.7. The van der Waals surface area contributed by atoms with Gasteiger partial charge >= 0.3 is 0 Å².